The van der Waals surface area contributed by atoms with E-state index in [2.05, 4.69) is 31.1 Å². The zero-order chi connectivity index (χ0) is 46.5. The van der Waals surface area contributed by atoms with Gasteiger partial charge in [-0.2, -0.15) is 31.3 Å². The number of ether oxygens (including phenoxy) is 1. The number of carbonyl (C=O) groups excluding carboxylic acids is 2. The molecule has 0 fully saturated rings. The number of nitrogens with one attached hydrogen (secondary N) is 1. The fourth-order valence-electron chi connectivity index (χ4n) is 6.74. The van der Waals surface area contributed by atoms with Gasteiger partial charge in [-0.1, -0.05) is 122 Å². The summed E-state index contributed by atoms with van der Waals surface area (Å²) in [5, 5.41) is 2.94. The number of anilines is 1. The fraction of sp³-hybridized carbons (Fsp3) is 0.674. The number of unbranched alkanes of at least 4 members (excludes halogenated alkanes) is 15. The minimum absolute atomic E-state index is 0.374. The van der Waals surface area contributed by atoms with Gasteiger partial charge in [0.2, 0.25) is 6.08 Å². The Balaban J connectivity index is 0.00000108. The van der Waals surface area contributed by atoms with Gasteiger partial charge < -0.3 is 13.3 Å². The summed E-state index contributed by atoms with van der Waals surface area (Å²) >= 11 is 0. The van der Waals surface area contributed by atoms with Crippen molar-refractivity contribution in [1.82, 2.24) is 0 Å². The van der Waals surface area contributed by atoms with Crippen LogP contribution in [0.25, 0.3) is 4.13 Å². The van der Waals surface area contributed by atoms with E-state index in [-0.39, 0.29) is 6.09 Å². The number of amides is 1. The van der Waals surface area contributed by atoms with Gasteiger partial charge in [0.15, 0.2) is 20.0 Å². The lowest BCUT2D eigenvalue weighted by Gasteiger charge is -2.39. The molecule has 0 saturated carbocycles. The predicted octanol–water partition coefficient (Wildman–Crippen LogP) is 12.8. The van der Waals surface area contributed by atoms with Crippen molar-refractivity contribution in [2.75, 3.05) is 38.1 Å². The van der Waals surface area contributed by atoms with Crippen molar-refractivity contribution in [3.8, 4) is 0 Å². The maximum absolute atomic E-state index is 12.9. The van der Waals surface area contributed by atoms with Crippen LogP contribution in [0.2, 0.25) is 0 Å². The summed E-state index contributed by atoms with van der Waals surface area (Å²) in [4.78, 5) is 27.0. The van der Waals surface area contributed by atoms with Gasteiger partial charge in [-0.25, -0.2) is 26.4 Å². The average Bonchev–Trinajstić information content (AvgIpc) is 3.19. The number of carbonyl (C=O) groups is 1. The van der Waals surface area contributed by atoms with Gasteiger partial charge in [0.1, 0.15) is 13.2 Å². The number of halogens is 6. The summed E-state index contributed by atoms with van der Waals surface area (Å²) in [6.07, 6.45) is 25.6. The molecular weight excluding hydrogens is 863 g/mol. The van der Waals surface area contributed by atoms with E-state index in [0.717, 1.165) is 38.4 Å². The van der Waals surface area contributed by atoms with Crippen LogP contribution in [0.5, 0.6) is 0 Å². The molecule has 0 heterocycles. The molecule has 354 valence electrons. The Kier molecular flexibility index (Phi) is 27.1. The van der Waals surface area contributed by atoms with E-state index >= 15 is 0 Å². The molecule has 0 aliphatic carbocycles. The SMILES string of the molecule is CCCCCCCC[N+](CCCCCCCC)(CCCCCCCC)CCOC(=O)Nc1ccc(Cc2ccc(N=C=O)cc2)cc1.O=S(=O)([N-]S(=O)(=O)C(F)(F)F)C(F)(F)F. The lowest BCUT2D eigenvalue weighted by atomic mass is 10.0. The second-order valence-corrected chi connectivity index (χ2v) is 18.9. The molecule has 0 atom stereocenters. The number of hydrogen-bond donors (Lipinski definition) is 1. The molecule has 0 spiro atoms. The third-order valence-corrected chi connectivity index (χ3v) is 13.0. The number of quaternary nitrogens is 1. The number of aliphatic imine (C=N–C) groups is 1. The number of sulfonamides is 2. The van der Waals surface area contributed by atoms with Crippen LogP contribution < -0.4 is 5.32 Å². The van der Waals surface area contributed by atoms with Gasteiger partial charge >= 0.3 is 17.1 Å². The highest BCUT2D eigenvalue weighted by Crippen LogP contribution is 2.36. The van der Waals surface area contributed by atoms with Crippen LogP contribution in [0.1, 0.15) is 147 Å². The molecule has 0 unspecified atom stereocenters. The normalized spacial score (nSPS) is 12.3. The Morgan fingerprint density at radius 1 is 0.613 bits per heavy atom. The van der Waals surface area contributed by atoms with E-state index in [1.54, 1.807) is 6.08 Å². The van der Waals surface area contributed by atoms with Gasteiger partial charge in [0.05, 0.1) is 25.3 Å². The van der Waals surface area contributed by atoms with Crippen LogP contribution >= 0.6 is 0 Å². The van der Waals surface area contributed by atoms with Crippen molar-refractivity contribution in [3.63, 3.8) is 0 Å². The Labute approximate surface area is 365 Å². The summed E-state index contributed by atoms with van der Waals surface area (Å²) in [6, 6.07) is 15.5. The van der Waals surface area contributed by atoms with E-state index in [9.17, 15) is 52.8 Å². The van der Waals surface area contributed by atoms with Gasteiger partial charge in [0, 0.05) is 5.69 Å². The van der Waals surface area contributed by atoms with Crippen LogP contribution in [0.3, 0.4) is 0 Å². The standard InChI is InChI=1S/C41H65N3O3.C2F6NO4S2/c1-4-7-10-13-16-19-30-44(31-20-17-14-11-8-5-2,32-21-18-15-12-9-6-3)33-34-47-41(46)43-40-28-24-38(25-29-40)35-37-22-26-39(27-23-37)42-36-45;3-1(4,5)14(10,11)9-15(12,13)2(6,7)8/h22-29H,4-21,30-35H2,1-3H3;/q;-1/p+1. The zero-order valence-electron chi connectivity index (χ0n) is 36.4. The quantitative estimate of drug-likeness (QED) is 0.0269. The average molecular weight is 929 g/mol. The molecule has 0 aliphatic heterocycles. The molecule has 2 rings (SSSR count). The summed E-state index contributed by atoms with van der Waals surface area (Å²) in [6.45, 7) is 11.8. The Morgan fingerprint density at radius 3 is 1.35 bits per heavy atom. The monoisotopic (exact) mass is 928 g/mol. The second kappa shape index (κ2) is 29.8. The molecule has 62 heavy (non-hydrogen) atoms. The molecule has 0 bridgehead atoms. The first kappa shape index (κ1) is 56.5. The highest BCUT2D eigenvalue weighted by atomic mass is 32.3. The minimum atomic E-state index is -6.72. The van der Waals surface area contributed by atoms with Crippen LogP contribution in [-0.2, 0) is 36.0 Å². The van der Waals surface area contributed by atoms with Crippen molar-refractivity contribution >= 4 is 43.6 Å². The lowest BCUT2D eigenvalue weighted by molar-refractivity contribution is -0.929. The molecule has 0 aliphatic rings. The molecule has 19 heteroatoms. The van der Waals surface area contributed by atoms with E-state index in [0.29, 0.717) is 12.3 Å². The molecule has 11 nitrogen and oxygen atoms in total. The number of isocyanates is 1. The van der Waals surface area contributed by atoms with Crippen molar-refractivity contribution in [2.24, 2.45) is 4.99 Å². The topological polar surface area (TPSA) is 150 Å². The molecule has 1 N–H and O–H groups in total. The number of rotatable bonds is 30. The summed E-state index contributed by atoms with van der Waals surface area (Å²) in [5.41, 5.74) is -8.81. The Bertz CT molecular complexity index is 1720. The minimum Gasteiger partial charge on any atom is -0.443 e. The Morgan fingerprint density at radius 2 is 0.984 bits per heavy atom. The summed E-state index contributed by atoms with van der Waals surface area (Å²) in [5.74, 6) is 0. The molecule has 0 aromatic heterocycles. The van der Waals surface area contributed by atoms with Gasteiger partial charge in [-0.15, -0.1) is 0 Å². The molecule has 0 saturated heterocycles. The van der Waals surface area contributed by atoms with Crippen LogP contribution in [0.4, 0.5) is 42.5 Å². The predicted molar refractivity (Wildman–Crippen MR) is 232 cm³/mol. The van der Waals surface area contributed by atoms with Crippen molar-refractivity contribution in [3.05, 3.63) is 63.8 Å². The maximum Gasteiger partial charge on any atom is 0.480 e. The molecule has 0 radical (unpaired) electrons. The highest BCUT2D eigenvalue weighted by molar-refractivity contribution is 8.13. The van der Waals surface area contributed by atoms with Gasteiger partial charge in [0.25, 0.3) is 0 Å². The van der Waals surface area contributed by atoms with E-state index < -0.39 is 31.1 Å². The van der Waals surface area contributed by atoms with Crippen LogP contribution in [-0.4, -0.2) is 77.3 Å². The van der Waals surface area contributed by atoms with Crippen molar-refractivity contribution < 1.29 is 62.0 Å². The van der Waals surface area contributed by atoms with Crippen molar-refractivity contribution in [2.45, 2.75) is 154 Å². The number of hydrogen-bond acceptors (Lipinski definition) is 8. The zero-order valence-corrected chi connectivity index (χ0v) is 38.0. The fourth-order valence-corrected chi connectivity index (χ4v) is 8.45. The number of nitrogens with zero attached hydrogens (tertiary/aromatic N) is 3. The van der Waals surface area contributed by atoms with Gasteiger partial charge in [-0.3, -0.25) is 5.32 Å². The van der Waals surface area contributed by atoms with Crippen LogP contribution in [0.15, 0.2) is 53.5 Å². The third-order valence-electron chi connectivity index (χ3n) is 10.3. The lowest BCUT2D eigenvalue weighted by Crippen LogP contribution is -2.52. The maximum atomic E-state index is 12.9. The summed E-state index contributed by atoms with van der Waals surface area (Å²) < 4.78 is 116. The number of benzene rings is 2. The smallest absolute Gasteiger partial charge is 0.443 e. The summed E-state index contributed by atoms with van der Waals surface area (Å²) in [7, 11) is -13.4. The first-order chi connectivity index (χ1) is 29.2. The second-order valence-electron chi connectivity index (χ2n) is 15.5. The van der Waals surface area contributed by atoms with Crippen LogP contribution in [0, 0.1) is 0 Å². The third kappa shape index (κ3) is 23.8. The molecule has 1 amide bonds. The van der Waals surface area contributed by atoms with E-state index in [4.69, 9.17) is 4.74 Å². The molecular formula is C43H66F6N4O7S2. The largest absolute Gasteiger partial charge is 0.480 e. The Hall–Kier alpha value is -3.51. The molecule has 2 aromatic carbocycles. The molecule has 2 aromatic rings. The van der Waals surface area contributed by atoms with E-state index in [1.807, 2.05) is 48.5 Å². The van der Waals surface area contributed by atoms with Crippen molar-refractivity contribution in [1.29, 1.82) is 0 Å². The number of alkyl halides is 6. The van der Waals surface area contributed by atoms with E-state index in [1.165, 1.54) is 135 Å². The van der Waals surface area contributed by atoms with Gasteiger partial charge in [-0.05, 0) is 80.3 Å². The highest BCUT2D eigenvalue weighted by Gasteiger charge is 2.47. The first-order valence-corrected chi connectivity index (χ1v) is 24.5. The first-order valence-electron chi connectivity index (χ1n) is 21.7.